The van der Waals surface area contributed by atoms with Crippen LogP contribution in [0, 0.1) is 5.92 Å². The average molecular weight is 531 g/mol. The van der Waals surface area contributed by atoms with Crippen molar-refractivity contribution in [1.29, 1.82) is 0 Å². The Morgan fingerprint density at radius 3 is 2.03 bits per heavy atom. The van der Waals surface area contributed by atoms with Gasteiger partial charge in [-0.05, 0) is 72.1 Å². The average Bonchev–Trinajstić information content (AvgIpc) is 3.05. The Kier molecular flexibility index (Phi) is 7.86. The highest BCUT2D eigenvalue weighted by Crippen LogP contribution is 2.41. The SMILES string of the molecule is CC(C)(C)OC(=O)C1CCN(c2cc(C(F)(F)F)ccc2[C@H]2CN(C(=O)OC(C)(C)C)C(=O)[C@H]2F)CC1. The number of anilines is 1. The van der Waals surface area contributed by atoms with Crippen LogP contribution in [0.4, 0.5) is 28.0 Å². The van der Waals surface area contributed by atoms with E-state index in [2.05, 4.69) is 0 Å². The van der Waals surface area contributed by atoms with Crippen molar-refractivity contribution in [3.05, 3.63) is 29.3 Å². The maximum Gasteiger partial charge on any atom is 0.417 e. The van der Waals surface area contributed by atoms with E-state index in [1.165, 1.54) is 6.07 Å². The van der Waals surface area contributed by atoms with Crippen LogP contribution in [-0.2, 0) is 25.2 Å². The van der Waals surface area contributed by atoms with Crippen LogP contribution < -0.4 is 4.90 Å². The molecule has 0 spiro atoms. The van der Waals surface area contributed by atoms with Crippen LogP contribution in [0.2, 0.25) is 0 Å². The van der Waals surface area contributed by atoms with Crippen LogP contribution in [0.3, 0.4) is 0 Å². The predicted molar refractivity (Wildman–Crippen MR) is 128 cm³/mol. The molecule has 1 aromatic rings. The van der Waals surface area contributed by atoms with Gasteiger partial charge in [-0.3, -0.25) is 9.59 Å². The second kappa shape index (κ2) is 10.1. The van der Waals surface area contributed by atoms with Crippen LogP contribution >= 0.6 is 0 Å². The first-order valence-electron chi connectivity index (χ1n) is 12.2. The number of likely N-dealkylation sites (tertiary alicyclic amines) is 1. The molecular formula is C26H34F4N2O5. The second-order valence-corrected chi connectivity index (χ2v) is 11.5. The summed E-state index contributed by atoms with van der Waals surface area (Å²) in [5, 5.41) is 0. The number of alkyl halides is 4. The third-order valence-corrected chi connectivity index (χ3v) is 6.18. The van der Waals surface area contributed by atoms with Gasteiger partial charge in [-0.25, -0.2) is 14.1 Å². The van der Waals surface area contributed by atoms with Crippen LogP contribution in [0.25, 0.3) is 0 Å². The molecule has 0 aromatic heterocycles. The Balaban J connectivity index is 1.88. The molecule has 3 rings (SSSR count). The summed E-state index contributed by atoms with van der Waals surface area (Å²) >= 11 is 0. The zero-order chi connectivity index (χ0) is 27.9. The molecule has 1 aromatic carbocycles. The number of hydrogen-bond acceptors (Lipinski definition) is 6. The molecule has 11 heteroatoms. The Labute approximate surface area is 214 Å². The van der Waals surface area contributed by atoms with Crippen molar-refractivity contribution in [1.82, 2.24) is 4.90 Å². The quantitative estimate of drug-likeness (QED) is 0.382. The third kappa shape index (κ3) is 6.93. The summed E-state index contributed by atoms with van der Waals surface area (Å²) in [5.74, 6) is -3.03. The summed E-state index contributed by atoms with van der Waals surface area (Å²) in [6.07, 6.45) is -7.07. The van der Waals surface area contributed by atoms with Gasteiger partial charge < -0.3 is 14.4 Å². The first-order chi connectivity index (χ1) is 16.9. The highest BCUT2D eigenvalue weighted by molar-refractivity contribution is 5.97. The minimum atomic E-state index is -4.63. The first-order valence-corrected chi connectivity index (χ1v) is 12.2. The Morgan fingerprint density at radius 1 is 0.946 bits per heavy atom. The number of amides is 2. The van der Waals surface area contributed by atoms with Gasteiger partial charge in [0, 0.05) is 31.2 Å². The standard InChI is InChI=1S/C26H34F4N2O5/c1-24(2,3)36-22(34)15-9-11-31(12-10-15)19-13-16(26(28,29)30)7-8-17(19)18-14-32(21(33)20(18)27)23(35)37-25(4,5)6/h7-8,13,15,18,20H,9-12,14H2,1-6H3/t18-,20+/m1/s1. The highest BCUT2D eigenvalue weighted by atomic mass is 19.4. The lowest BCUT2D eigenvalue weighted by molar-refractivity contribution is -0.160. The van der Waals surface area contributed by atoms with Gasteiger partial charge in [-0.15, -0.1) is 0 Å². The lowest BCUT2D eigenvalue weighted by Crippen LogP contribution is -2.39. The largest absolute Gasteiger partial charge is 0.460 e. The molecule has 7 nitrogen and oxygen atoms in total. The Bertz CT molecular complexity index is 1040. The van der Waals surface area contributed by atoms with Crippen LogP contribution in [0.5, 0.6) is 0 Å². The number of ether oxygens (including phenoxy) is 2. The molecule has 2 saturated heterocycles. The summed E-state index contributed by atoms with van der Waals surface area (Å²) in [5.41, 5.74) is -2.17. The first kappa shape index (κ1) is 28.7. The number of esters is 1. The molecule has 2 fully saturated rings. The molecule has 0 aliphatic carbocycles. The zero-order valence-electron chi connectivity index (χ0n) is 21.9. The van der Waals surface area contributed by atoms with E-state index in [9.17, 15) is 27.6 Å². The van der Waals surface area contributed by atoms with E-state index in [-0.39, 0.29) is 36.9 Å². The number of piperidine rings is 1. The number of carbonyl (C=O) groups excluding carboxylic acids is 3. The van der Waals surface area contributed by atoms with E-state index in [1.54, 1.807) is 46.4 Å². The van der Waals surface area contributed by atoms with E-state index in [1.807, 2.05) is 0 Å². The fourth-order valence-electron chi connectivity index (χ4n) is 4.49. The van der Waals surface area contributed by atoms with Gasteiger partial charge in [0.25, 0.3) is 5.91 Å². The van der Waals surface area contributed by atoms with Crippen molar-refractivity contribution < 1.29 is 41.4 Å². The number of hydrogen-bond donors (Lipinski definition) is 0. The van der Waals surface area contributed by atoms with E-state index >= 15 is 4.39 Å². The molecule has 0 radical (unpaired) electrons. The van der Waals surface area contributed by atoms with Crippen LogP contribution in [-0.4, -0.2) is 59.9 Å². The molecule has 206 valence electrons. The molecule has 2 heterocycles. The molecule has 37 heavy (non-hydrogen) atoms. The van der Waals surface area contributed by atoms with Crippen molar-refractivity contribution in [3.8, 4) is 0 Å². The van der Waals surface area contributed by atoms with E-state index in [0.717, 1.165) is 12.1 Å². The Morgan fingerprint density at radius 2 is 1.51 bits per heavy atom. The zero-order valence-corrected chi connectivity index (χ0v) is 21.9. The number of carbonyl (C=O) groups is 3. The monoisotopic (exact) mass is 530 g/mol. The maximum absolute atomic E-state index is 15.2. The third-order valence-electron chi connectivity index (χ3n) is 6.18. The van der Waals surface area contributed by atoms with E-state index < -0.39 is 52.9 Å². The van der Waals surface area contributed by atoms with Gasteiger partial charge in [0.2, 0.25) is 0 Å². The van der Waals surface area contributed by atoms with Crippen LogP contribution in [0.15, 0.2) is 18.2 Å². The second-order valence-electron chi connectivity index (χ2n) is 11.5. The molecule has 0 N–H and O–H groups in total. The molecule has 2 aliphatic rings. The normalized spacial score (nSPS) is 21.8. The molecule has 0 bridgehead atoms. The molecule has 0 saturated carbocycles. The molecule has 2 amide bonds. The fourth-order valence-corrected chi connectivity index (χ4v) is 4.49. The summed E-state index contributed by atoms with van der Waals surface area (Å²) in [4.78, 5) is 39.8. The van der Waals surface area contributed by atoms with Gasteiger partial charge in [0.05, 0.1) is 11.5 Å². The van der Waals surface area contributed by atoms with Crippen molar-refractivity contribution in [2.45, 2.75) is 83.9 Å². The van der Waals surface area contributed by atoms with E-state index in [0.29, 0.717) is 17.7 Å². The lowest BCUT2D eigenvalue weighted by atomic mass is 9.91. The lowest BCUT2D eigenvalue weighted by Gasteiger charge is -2.36. The number of benzene rings is 1. The van der Waals surface area contributed by atoms with Crippen molar-refractivity contribution in [3.63, 3.8) is 0 Å². The van der Waals surface area contributed by atoms with E-state index in [4.69, 9.17) is 9.47 Å². The topological polar surface area (TPSA) is 76.2 Å². The fraction of sp³-hybridized carbons (Fsp3) is 0.654. The van der Waals surface area contributed by atoms with Crippen LogP contribution in [0.1, 0.15) is 71.4 Å². The molecular weight excluding hydrogens is 496 g/mol. The number of nitrogens with zero attached hydrogens (tertiary/aromatic N) is 2. The minimum Gasteiger partial charge on any atom is -0.460 e. The molecule has 2 atom stereocenters. The summed E-state index contributed by atoms with van der Waals surface area (Å²) in [6, 6.07) is 2.96. The number of halogens is 4. The maximum atomic E-state index is 15.2. The van der Waals surface area contributed by atoms with Crippen molar-refractivity contribution in [2.24, 2.45) is 5.92 Å². The smallest absolute Gasteiger partial charge is 0.417 e. The van der Waals surface area contributed by atoms with Gasteiger partial charge in [0.1, 0.15) is 11.2 Å². The van der Waals surface area contributed by atoms with Crippen molar-refractivity contribution >= 4 is 23.7 Å². The number of rotatable bonds is 3. The van der Waals surface area contributed by atoms with Crippen molar-refractivity contribution in [2.75, 3.05) is 24.5 Å². The number of imide groups is 1. The summed E-state index contributed by atoms with van der Waals surface area (Å²) in [6.45, 7) is 10.2. The van der Waals surface area contributed by atoms with Gasteiger partial charge in [-0.2, -0.15) is 13.2 Å². The van der Waals surface area contributed by atoms with Gasteiger partial charge in [0.15, 0.2) is 6.17 Å². The summed E-state index contributed by atoms with van der Waals surface area (Å²) < 4.78 is 66.5. The van der Waals surface area contributed by atoms with Gasteiger partial charge >= 0.3 is 18.2 Å². The molecule has 2 aliphatic heterocycles. The minimum absolute atomic E-state index is 0.129. The van der Waals surface area contributed by atoms with Gasteiger partial charge in [-0.1, -0.05) is 6.07 Å². The molecule has 0 unspecified atom stereocenters. The Hall–Kier alpha value is -2.85. The highest BCUT2D eigenvalue weighted by Gasteiger charge is 2.47. The summed E-state index contributed by atoms with van der Waals surface area (Å²) in [7, 11) is 0. The predicted octanol–water partition coefficient (Wildman–Crippen LogP) is 5.46.